The summed E-state index contributed by atoms with van der Waals surface area (Å²) in [6.45, 7) is 6.05. The quantitative estimate of drug-likeness (QED) is 0.399. The van der Waals surface area contributed by atoms with Crippen LogP contribution >= 0.6 is 0 Å². The van der Waals surface area contributed by atoms with Gasteiger partial charge in [0.2, 0.25) is 5.89 Å². The van der Waals surface area contributed by atoms with E-state index >= 15 is 0 Å². The highest BCUT2D eigenvalue weighted by Gasteiger charge is 2.08. The molecule has 3 aromatic rings. The summed E-state index contributed by atoms with van der Waals surface area (Å²) in [5, 5.41) is 16.3. The highest BCUT2D eigenvalue weighted by atomic mass is 16.5. The normalized spacial score (nSPS) is 11.3. The van der Waals surface area contributed by atoms with Crippen molar-refractivity contribution in [2.45, 2.75) is 26.9 Å². The van der Waals surface area contributed by atoms with Gasteiger partial charge >= 0.3 is 0 Å². The summed E-state index contributed by atoms with van der Waals surface area (Å²) < 4.78 is 11.0. The molecule has 1 heterocycles. The number of hydrogen-bond donors (Lipinski definition) is 3. The minimum absolute atomic E-state index is 0.130. The molecule has 0 unspecified atom stereocenters. The second-order valence-corrected chi connectivity index (χ2v) is 6.29. The molecule has 7 heteroatoms. The van der Waals surface area contributed by atoms with E-state index < -0.39 is 0 Å². The van der Waals surface area contributed by atoms with Gasteiger partial charge in [-0.2, -0.15) is 0 Å². The number of aliphatic imine (C=N–C) groups is 1. The van der Waals surface area contributed by atoms with Crippen molar-refractivity contribution < 1.29 is 14.3 Å². The first-order valence-corrected chi connectivity index (χ1v) is 9.66. The van der Waals surface area contributed by atoms with Crippen molar-refractivity contribution in [1.82, 2.24) is 15.6 Å². The summed E-state index contributed by atoms with van der Waals surface area (Å²) in [7, 11) is 0. The molecule has 7 nitrogen and oxygen atoms in total. The lowest BCUT2D eigenvalue weighted by Gasteiger charge is -2.11. The van der Waals surface area contributed by atoms with Gasteiger partial charge in [0.25, 0.3) is 0 Å². The zero-order chi connectivity index (χ0) is 20.5. The van der Waals surface area contributed by atoms with Gasteiger partial charge in [-0.3, -0.25) is 0 Å². The average Bonchev–Trinajstić information content (AvgIpc) is 3.22. The van der Waals surface area contributed by atoms with Crippen LogP contribution in [0.15, 0.2) is 64.2 Å². The second-order valence-electron chi connectivity index (χ2n) is 6.29. The van der Waals surface area contributed by atoms with E-state index in [9.17, 15) is 5.11 Å². The molecule has 2 aromatic carbocycles. The van der Waals surface area contributed by atoms with Crippen molar-refractivity contribution in [1.29, 1.82) is 0 Å². The van der Waals surface area contributed by atoms with Crippen LogP contribution in [0, 0.1) is 0 Å². The fraction of sp³-hybridized carbons (Fsp3) is 0.273. The Labute approximate surface area is 170 Å². The largest absolute Gasteiger partial charge is 0.504 e. The van der Waals surface area contributed by atoms with E-state index in [2.05, 4.69) is 20.6 Å². The highest BCUT2D eigenvalue weighted by Crippen LogP contribution is 2.27. The lowest BCUT2D eigenvalue weighted by atomic mass is 10.2. The molecular weight excluding hydrogens is 368 g/mol. The standard InChI is InChI=1S/C22H26N4O3/c1-3-23-22(24-13-16-10-11-19(27)20(12-16)28-4-2)25-14-18-15-29-21(26-18)17-8-6-5-7-9-17/h5-12,15,27H,3-4,13-14H2,1-2H3,(H2,23,24,25). The number of guanidine groups is 1. The predicted octanol–water partition coefficient (Wildman–Crippen LogP) is 3.70. The van der Waals surface area contributed by atoms with Gasteiger partial charge in [0.15, 0.2) is 17.5 Å². The molecule has 0 saturated heterocycles. The first kappa shape index (κ1) is 20.3. The second kappa shape index (κ2) is 10.2. The molecule has 152 valence electrons. The minimum atomic E-state index is 0.130. The molecule has 0 amide bonds. The molecular formula is C22H26N4O3. The van der Waals surface area contributed by atoms with Gasteiger partial charge in [-0.25, -0.2) is 9.98 Å². The lowest BCUT2D eigenvalue weighted by Crippen LogP contribution is -2.36. The fourth-order valence-electron chi connectivity index (χ4n) is 2.72. The molecule has 0 saturated carbocycles. The van der Waals surface area contributed by atoms with Crippen molar-refractivity contribution in [3.63, 3.8) is 0 Å². The van der Waals surface area contributed by atoms with E-state index in [1.807, 2.05) is 50.2 Å². The lowest BCUT2D eigenvalue weighted by molar-refractivity contribution is 0.318. The van der Waals surface area contributed by atoms with Crippen LogP contribution in [0.2, 0.25) is 0 Å². The van der Waals surface area contributed by atoms with Crippen LogP contribution in [0.1, 0.15) is 25.1 Å². The third-order valence-electron chi connectivity index (χ3n) is 4.10. The monoisotopic (exact) mass is 394 g/mol. The number of phenolic OH excluding ortho intramolecular Hbond substituents is 1. The number of aromatic hydroxyl groups is 1. The Hall–Kier alpha value is -3.48. The molecule has 0 fully saturated rings. The summed E-state index contributed by atoms with van der Waals surface area (Å²) in [4.78, 5) is 9.11. The van der Waals surface area contributed by atoms with Crippen molar-refractivity contribution >= 4 is 5.96 Å². The van der Waals surface area contributed by atoms with Gasteiger partial charge in [-0.05, 0) is 43.7 Å². The maximum Gasteiger partial charge on any atom is 0.226 e. The molecule has 0 aliphatic carbocycles. The van der Waals surface area contributed by atoms with Crippen molar-refractivity contribution in [3.05, 3.63) is 66.1 Å². The third-order valence-corrected chi connectivity index (χ3v) is 4.10. The van der Waals surface area contributed by atoms with Crippen molar-refractivity contribution in [3.8, 4) is 23.0 Å². The minimum Gasteiger partial charge on any atom is -0.504 e. The number of nitrogens with one attached hydrogen (secondary N) is 2. The van der Waals surface area contributed by atoms with Crippen LogP contribution in [-0.4, -0.2) is 29.2 Å². The topological polar surface area (TPSA) is 91.9 Å². The molecule has 0 atom stereocenters. The maximum absolute atomic E-state index is 9.82. The van der Waals surface area contributed by atoms with Crippen LogP contribution in [-0.2, 0) is 13.1 Å². The summed E-state index contributed by atoms with van der Waals surface area (Å²) in [6.07, 6.45) is 1.65. The SMILES string of the molecule is CCNC(=NCc1ccc(O)c(OCC)c1)NCc1coc(-c2ccccc2)n1. The maximum atomic E-state index is 9.82. The van der Waals surface area contributed by atoms with Gasteiger partial charge in [0, 0.05) is 12.1 Å². The average molecular weight is 394 g/mol. The summed E-state index contributed by atoms with van der Waals surface area (Å²) in [6, 6.07) is 15.0. The molecule has 0 radical (unpaired) electrons. The van der Waals surface area contributed by atoms with Crippen LogP contribution in [0.4, 0.5) is 0 Å². The van der Waals surface area contributed by atoms with Crippen LogP contribution < -0.4 is 15.4 Å². The Balaban J connectivity index is 1.63. The number of rotatable bonds is 8. The van der Waals surface area contributed by atoms with E-state index in [-0.39, 0.29) is 5.75 Å². The number of benzene rings is 2. The van der Waals surface area contributed by atoms with Crippen LogP contribution in [0.5, 0.6) is 11.5 Å². The first-order valence-electron chi connectivity index (χ1n) is 9.66. The number of ether oxygens (including phenoxy) is 1. The number of phenols is 1. The third kappa shape index (κ3) is 5.75. The van der Waals surface area contributed by atoms with E-state index in [4.69, 9.17) is 9.15 Å². The number of oxazole rings is 1. The van der Waals surface area contributed by atoms with E-state index in [1.165, 1.54) is 0 Å². The predicted molar refractivity (Wildman–Crippen MR) is 113 cm³/mol. The molecule has 0 spiro atoms. The van der Waals surface area contributed by atoms with Gasteiger partial charge in [0.1, 0.15) is 6.26 Å². The number of nitrogens with zero attached hydrogens (tertiary/aromatic N) is 2. The first-order chi connectivity index (χ1) is 14.2. The van der Waals surface area contributed by atoms with Gasteiger partial charge in [-0.1, -0.05) is 24.3 Å². The number of hydrogen-bond acceptors (Lipinski definition) is 5. The Kier molecular flexibility index (Phi) is 7.10. The smallest absolute Gasteiger partial charge is 0.226 e. The molecule has 29 heavy (non-hydrogen) atoms. The Morgan fingerprint density at radius 3 is 2.72 bits per heavy atom. The Morgan fingerprint density at radius 1 is 1.14 bits per heavy atom. The van der Waals surface area contributed by atoms with Crippen LogP contribution in [0.25, 0.3) is 11.5 Å². The number of aromatic nitrogens is 1. The van der Waals surface area contributed by atoms with E-state index in [0.29, 0.717) is 37.3 Å². The summed E-state index contributed by atoms with van der Waals surface area (Å²) in [5.74, 6) is 1.86. The molecule has 0 aliphatic heterocycles. The highest BCUT2D eigenvalue weighted by molar-refractivity contribution is 5.79. The zero-order valence-corrected chi connectivity index (χ0v) is 16.7. The summed E-state index contributed by atoms with van der Waals surface area (Å²) >= 11 is 0. The molecule has 0 aliphatic rings. The molecule has 0 bridgehead atoms. The van der Waals surface area contributed by atoms with Crippen molar-refractivity contribution in [2.24, 2.45) is 4.99 Å². The van der Waals surface area contributed by atoms with E-state index in [0.717, 1.165) is 23.4 Å². The van der Waals surface area contributed by atoms with E-state index in [1.54, 1.807) is 18.4 Å². The summed E-state index contributed by atoms with van der Waals surface area (Å²) in [5.41, 5.74) is 2.67. The Bertz CT molecular complexity index is 938. The van der Waals surface area contributed by atoms with Gasteiger partial charge < -0.3 is 24.9 Å². The fourth-order valence-corrected chi connectivity index (χ4v) is 2.72. The molecule has 3 N–H and O–H groups in total. The van der Waals surface area contributed by atoms with Gasteiger partial charge in [0.05, 0.1) is 25.4 Å². The van der Waals surface area contributed by atoms with Crippen LogP contribution in [0.3, 0.4) is 0 Å². The Morgan fingerprint density at radius 2 is 1.97 bits per heavy atom. The molecule has 1 aromatic heterocycles. The van der Waals surface area contributed by atoms with Gasteiger partial charge in [-0.15, -0.1) is 0 Å². The zero-order valence-electron chi connectivity index (χ0n) is 16.7. The molecule has 3 rings (SSSR count). The van der Waals surface area contributed by atoms with Crippen molar-refractivity contribution in [2.75, 3.05) is 13.2 Å².